The average Bonchev–Trinajstić information content (AvgIpc) is 3.56. The molecule has 2 fully saturated rings. The van der Waals surface area contributed by atoms with Crippen LogP contribution in [-0.4, -0.2) is 77.6 Å². The van der Waals surface area contributed by atoms with Crippen LogP contribution in [0.25, 0.3) is 27.8 Å². The Morgan fingerprint density at radius 3 is 2.36 bits per heavy atom. The summed E-state index contributed by atoms with van der Waals surface area (Å²) in [6.07, 6.45) is 6.46. The maximum absolute atomic E-state index is 14.5. The van der Waals surface area contributed by atoms with Gasteiger partial charge in [0.2, 0.25) is 0 Å². The molecule has 1 amide bonds. The Bertz CT molecular complexity index is 2120. The first-order valence-electron chi connectivity index (χ1n) is 17.4. The molecule has 0 bridgehead atoms. The first-order chi connectivity index (χ1) is 24.2. The van der Waals surface area contributed by atoms with Gasteiger partial charge in [0.15, 0.2) is 11.5 Å². The number of hydrogen-bond acceptors (Lipinski definition) is 7. The highest BCUT2D eigenvalue weighted by Crippen LogP contribution is 2.29. The molecule has 2 aromatic carbocycles. The van der Waals surface area contributed by atoms with Gasteiger partial charge < -0.3 is 9.88 Å². The smallest absolute Gasteiger partial charge is 0.337 e. The molecule has 0 atom stereocenters. The van der Waals surface area contributed by atoms with Gasteiger partial charge in [0.05, 0.1) is 17.3 Å². The Labute approximate surface area is 290 Å². The third kappa shape index (κ3) is 6.77. The molecule has 1 aliphatic carbocycles. The zero-order chi connectivity index (χ0) is 34.9. The Kier molecular flexibility index (Phi) is 9.48. The van der Waals surface area contributed by atoms with Crippen molar-refractivity contribution in [2.75, 3.05) is 26.2 Å². The fourth-order valence-corrected chi connectivity index (χ4v) is 7.37. The van der Waals surface area contributed by atoms with Gasteiger partial charge in [-0.15, -0.1) is 0 Å². The lowest BCUT2D eigenvalue weighted by atomic mass is 9.91. The molecule has 12 heteroatoms. The fourth-order valence-electron chi connectivity index (χ4n) is 7.37. The van der Waals surface area contributed by atoms with E-state index in [0.29, 0.717) is 43.2 Å². The van der Waals surface area contributed by atoms with Crippen LogP contribution in [0.5, 0.6) is 0 Å². The number of aromatic nitrogens is 5. The third-order valence-electron chi connectivity index (χ3n) is 10.2. The van der Waals surface area contributed by atoms with Crippen LogP contribution >= 0.6 is 0 Å². The molecule has 1 saturated heterocycles. The SMILES string of the molecule is CC(C)N1CCN(Cc2ccc(-c3cccc(-n4c(=O)n(C5CCC(NC(=O)c6nccn6C)CC5)c(=O)c5cc(F)cnc54)c3)cc2)CC1. The van der Waals surface area contributed by atoms with Gasteiger partial charge in [0.1, 0.15) is 5.82 Å². The standard InChI is InChI=1S/C38H43FN8O3/c1-25(2)45-19-17-44(18-20-45)24-26-7-9-27(10-8-26)28-5-4-6-32(21-28)46-34-33(22-29(39)23-41-34)37(49)47(38(46)50)31-13-11-30(12-14-31)42-36(48)35-40-15-16-43(35)3/h4-10,15-16,21-23,25,30-31H,11-14,17-20,24H2,1-3H3,(H,42,48). The zero-order valence-corrected chi connectivity index (χ0v) is 28.8. The van der Waals surface area contributed by atoms with Gasteiger partial charge in [-0.3, -0.25) is 24.0 Å². The van der Waals surface area contributed by atoms with E-state index in [1.54, 1.807) is 30.1 Å². The van der Waals surface area contributed by atoms with E-state index in [1.807, 2.05) is 18.2 Å². The molecule has 1 saturated carbocycles. The number of carbonyl (C=O) groups excluding carboxylic acids is 1. The Hall–Kier alpha value is -4.94. The maximum Gasteiger partial charge on any atom is 0.337 e. The van der Waals surface area contributed by atoms with Crippen LogP contribution in [0.3, 0.4) is 0 Å². The van der Waals surface area contributed by atoms with E-state index in [1.165, 1.54) is 14.7 Å². The summed E-state index contributed by atoms with van der Waals surface area (Å²) in [4.78, 5) is 54.2. The first kappa shape index (κ1) is 33.6. The van der Waals surface area contributed by atoms with Crippen LogP contribution in [0.4, 0.5) is 4.39 Å². The van der Waals surface area contributed by atoms with Crippen molar-refractivity contribution in [3.05, 3.63) is 111 Å². The molecule has 3 aromatic heterocycles. The molecule has 2 aliphatic rings. The molecule has 1 N–H and O–H groups in total. The number of carbonyl (C=O) groups is 1. The number of pyridine rings is 1. The second kappa shape index (κ2) is 14.1. The molecule has 0 unspecified atom stereocenters. The van der Waals surface area contributed by atoms with E-state index in [-0.39, 0.29) is 23.0 Å². The Morgan fingerprint density at radius 1 is 0.940 bits per heavy atom. The predicted octanol–water partition coefficient (Wildman–Crippen LogP) is 4.53. The average molecular weight is 679 g/mol. The Balaban J connectivity index is 1.14. The third-order valence-corrected chi connectivity index (χ3v) is 10.2. The summed E-state index contributed by atoms with van der Waals surface area (Å²) in [6, 6.07) is 17.3. The van der Waals surface area contributed by atoms with Crippen LogP contribution in [0.1, 0.15) is 61.8 Å². The molecule has 260 valence electrons. The number of benzene rings is 2. The van der Waals surface area contributed by atoms with Gasteiger partial charge in [-0.2, -0.15) is 0 Å². The van der Waals surface area contributed by atoms with Gasteiger partial charge in [-0.05, 0) is 74.4 Å². The number of rotatable bonds is 8. The first-order valence-corrected chi connectivity index (χ1v) is 17.4. The number of nitrogens with zero attached hydrogens (tertiary/aromatic N) is 7. The van der Waals surface area contributed by atoms with Gasteiger partial charge in [-0.1, -0.05) is 36.4 Å². The van der Waals surface area contributed by atoms with Crippen molar-refractivity contribution >= 4 is 16.9 Å². The lowest BCUT2D eigenvalue weighted by Gasteiger charge is -2.36. The Morgan fingerprint density at radius 2 is 1.68 bits per heavy atom. The van der Waals surface area contributed by atoms with Crippen LogP contribution in [-0.2, 0) is 13.6 Å². The monoisotopic (exact) mass is 678 g/mol. The van der Waals surface area contributed by atoms with Crippen LogP contribution < -0.4 is 16.6 Å². The summed E-state index contributed by atoms with van der Waals surface area (Å²) < 4.78 is 18.8. The number of imidazole rings is 1. The summed E-state index contributed by atoms with van der Waals surface area (Å²) in [5.41, 5.74) is 2.71. The van der Waals surface area contributed by atoms with Crippen molar-refractivity contribution in [3.8, 4) is 16.8 Å². The number of fused-ring (bicyclic) bond motifs is 1. The lowest BCUT2D eigenvalue weighted by Crippen LogP contribution is -2.48. The highest BCUT2D eigenvalue weighted by atomic mass is 19.1. The number of aryl methyl sites for hydroxylation is 1. The fraction of sp³-hybridized carbons (Fsp3) is 0.395. The second-order valence-electron chi connectivity index (χ2n) is 13.8. The van der Waals surface area contributed by atoms with Gasteiger partial charge in [0, 0.05) is 70.3 Å². The van der Waals surface area contributed by atoms with Crippen molar-refractivity contribution in [2.45, 2.75) is 64.2 Å². The van der Waals surface area contributed by atoms with E-state index in [2.05, 4.69) is 63.2 Å². The van der Waals surface area contributed by atoms with Crippen molar-refractivity contribution in [2.24, 2.45) is 7.05 Å². The highest BCUT2D eigenvalue weighted by Gasteiger charge is 2.29. The normalized spacial score (nSPS) is 18.9. The highest BCUT2D eigenvalue weighted by molar-refractivity contribution is 5.91. The number of amides is 1. The molecular weight excluding hydrogens is 635 g/mol. The number of hydrogen-bond donors (Lipinski definition) is 1. The summed E-state index contributed by atoms with van der Waals surface area (Å²) in [5, 5.41) is 3.07. The van der Waals surface area contributed by atoms with E-state index in [0.717, 1.165) is 56.1 Å². The molecule has 4 heterocycles. The van der Waals surface area contributed by atoms with Crippen molar-refractivity contribution in [3.63, 3.8) is 0 Å². The molecule has 7 rings (SSSR count). The summed E-state index contributed by atoms with van der Waals surface area (Å²) >= 11 is 0. The molecular formula is C38H43FN8O3. The summed E-state index contributed by atoms with van der Waals surface area (Å²) in [5.74, 6) is -0.589. The minimum atomic E-state index is -0.650. The number of halogens is 1. The van der Waals surface area contributed by atoms with Gasteiger partial charge in [-0.25, -0.2) is 23.7 Å². The van der Waals surface area contributed by atoms with Crippen molar-refractivity contribution in [1.82, 2.24) is 38.8 Å². The zero-order valence-electron chi connectivity index (χ0n) is 28.8. The van der Waals surface area contributed by atoms with Gasteiger partial charge in [0.25, 0.3) is 11.5 Å². The quantitative estimate of drug-likeness (QED) is 0.257. The van der Waals surface area contributed by atoms with Crippen molar-refractivity contribution < 1.29 is 9.18 Å². The van der Waals surface area contributed by atoms with Crippen molar-refractivity contribution in [1.29, 1.82) is 0 Å². The summed E-state index contributed by atoms with van der Waals surface area (Å²) in [7, 11) is 1.76. The maximum atomic E-state index is 14.5. The minimum Gasteiger partial charge on any atom is -0.347 e. The van der Waals surface area contributed by atoms with E-state index in [9.17, 15) is 18.8 Å². The molecule has 50 heavy (non-hydrogen) atoms. The minimum absolute atomic E-state index is 0.0405. The molecule has 0 spiro atoms. The van der Waals surface area contributed by atoms with E-state index >= 15 is 0 Å². The molecule has 1 aliphatic heterocycles. The molecule has 5 aromatic rings. The number of piperazine rings is 1. The molecule has 11 nitrogen and oxygen atoms in total. The number of nitrogens with one attached hydrogen (secondary N) is 1. The predicted molar refractivity (Wildman–Crippen MR) is 191 cm³/mol. The largest absolute Gasteiger partial charge is 0.347 e. The lowest BCUT2D eigenvalue weighted by molar-refractivity contribution is 0.0908. The van der Waals surface area contributed by atoms with Crippen LogP contribution in [0.15, 0.2) is 82.8 Å². The molecule has 0 radical (unpaired) electrons. The van der Waals surface area contributed by atoms with Crippen LogP contribution in [0, 0.1) is 5.82 Å². The topological polar surface area (TPSA) is 110 Å². The van der Waals surface area contributed by atoms with E-state index < -0.39 is 23.1 Å². The summed E-state index contributed by atoms with van der Waals surface area (Å²) in [6.45, 7) is 9.65. The van der Waals surface area contributed by atoms with E-state index in [4.69, 9.17) is 0 Å². The second-order valence-corrected chi connectivity index (χ2v) is 13.8. The van der Waals surface area contributed by atoms with Crippen LogP contribution in [0.2, 0.25) is 0 Å². The van der Waals surface area contributed by atoms with Gasteiger partial charge >= 0.3 is 5.69 Å².